The number of benzene rings is 1. The van der Waals surface area contributed by atoms with Gasteiger partial charge in [0.15, 0.2) is 6.61 Å². The first-order chi connectivity index (χ1) is 8.90. The third-order valence-electron chi connectivity index (χ3n) is 2.51. The fraction of sp³-hybridized carbons (Fsp3) is 0.308. The SMILES string of the molecule is CC(=NNC(=O)COc1ccc(C)c(C)c1)C(=O)O. The maximum Gasteiger partial charge on any atom is 0.351 e. The number of nitrogens with one attached hydrogen (secondary N) is 1. The monoisotopic (exact) mass is 264 g/mol. The summed E-state index contributed by atoms with van der Waals surface area (Å²) in [6.07, 6.45) is 0. The summed E-state index contributed by atoms with van der Waals surface area (Å²) in [7, 11) is 0. The number of nitrogens with zero attached hydrogens (tertiary/aromatic N) is 1. The van der Waals surface area contributed by atoms with Crippen molar-refractivity contribution >= 4 is 17.6 Å². The first kappa shape index (κ1) is 14.7. The van der Waals surface area contributed by atoms with Gasteiger partial charge in [0.2, 0.25) is 0 Å². The zero-order chi connectivity index (χ0) is 14.4. The summed E-state index contributed by atoms with van der Waals surface area (Å²) in [6, 6.07) is 5.49. The lowest BCUT2D eigenvalue weighted by molar-refractivity contribution is -0.129. The van der Waals surface area contributed by atoms with E-state index in [1.54, 1.807) is 6.07 Å². The lowest BCUT2D eigenvalue weighted by atomic mass is 10.1. The van der Waals surface area contributed by atoms with Gasteiger partial charge in [0.25, 0.3) is 5.91 Å². The van der Waals surface area contributed by atoms with Gasteiger partial charge in [-0.1, -0.05) is 6.07 Å². The minimum atomic E-state index is -1.18. The number of ether oxygens (including phenoxy) is 1. The standard InChI is InChI=1S/C13H16N2O4/c1-8-4-5-11(6-9(8)2)19-7-12(16)15-14-10(3)13(17)18/h4-6H,7H2,1-3H3,(H,15,16)(H,17,18). The molecule has 6 nitrogen and oxygen atoms in total. The second-order valence-corrected chi connectivity index (χ2v) is 4.07. The molecule has 0 aliphatic heterocycles. The summed E-state index contributed by atoms with van der Waals surface area (Å²) in [5, 5.41) is 12.0. The van der Waals surface area contributed by atoms with Gasteiger partial charge in [-0.2, -0.15) is 5.10 Å². The third-order valence-corrected chi connectivity index (χ3v) is 2.51. The van der Waals surface area contributed by atoms with E-state index in [0.29, 0.717) is 5.75 Å². The Kier molecular flexibility index (Phi) is 5.05. The number of carboxylic acid groups (broad SMARTS) is 1. The van der Waals surface area contributed by atoms with Crippen molar-refractivity contribution in [1.82, 2.24) is 5.43 Å². The van der Waals surface area contributed by atoms with E-state index in [1.807, 2.05) is 26.0 Å². The highest BCUT2D eigenvalue weighted by atomic mass is 16.5. The molecule has 0 spiro atoms. The Bertz CT molecular complexity index is 523. The van der Waals surface area contributed by atoms with Crippen LogP contribution in [0.1, 0.15) is 18.1 Å². The maximum atomic E-state index is 11.4. The number of aliphatic carboxylic acids is 1. The molecule has 0 aromatic heterocycles. The summed E-state index contributed by atoms with van der Waals surface area (Å²) >= 11 is 0. The van der Waals surface area contributed by atoms with Gasteiger partial charge >= 0.3 is 5.97 Å². The van der Waals surface area contributed by atoms with E-state index in [1.165, 1.54) is 6.92 Å². The smallest absolute Gasteiger partial charge is 0.351 e. The number of carbonyl (C=O) groups is 2. The molecule has 0 fully saturated rings. The van der Waals surface area contributed by atoms with E-state index in [9.17, 15) is 9.59 Å². The van der Waals surface area contributed by atoms with Crippen LogP contribution in [0, 0.1) is 13.8 Å². The lowest BCUT2D eigenvalue weighted by Gasteiger charge is -2.07. The predicted octanol–water partition coefficient (Wildman–Crippen LogP) is 1.26. The van der Waals surface area contributed by atoms with Crippen LogP contribution in [-0.2, 0) is 9.59 Å². The van der Waals surface area contributed by atoms with Gasteiger partial charge in [-0.3, -0.25) is 4.79 Å². The van der Waals surface area contributed by atoms with E-state index in [2.05, 4.69) is 10.5 Å². The largest absolute Gasteiger partial charge is 0.484 e. The molecule has 2 N–H and O–H groups in total. The Morgan fingerprint density at radius 2 is 2.00 bits per heavy atom. The molecule has 1 aromatic carbocycles. The summed E-state index contributed by atoms with van der Waals surface area (Å²) in [4.78, 5) is 21.8. The molecule has 102 valence electrons. The molecule has 0 unspecified atom stereocenters. The second kappa shape index (κ2) is 6.53. The number of carbonyl (C=O) groups excluding carboxylic acids is 1. The Morgan fingerprint density at radius 3 is 2.58 bits per heavy atom. The van der Waals surface area contributed by atoms with Crippen LogP contribution in [0.3, 0.4) is 0 Å². The lowest BCUT2D eigenvalue weighted by Crippen LogP contribution is -2.26. The predicted molar refractivity (Wildman–Crippen MR) is 70.3 cm³/mol. The number of hydrogen-bond donors (Lipinski definition) is 2. The molecule has 19 heavy (non-hydrogen) atoms. The highest BCUT2D eigenvalue weighted by molar-refractivity contribution is 6.34. The molecule has 0 bridgehead atoms. The quantitative estimate of drug-likeness (QED) is 0.619. The van der Waals surface area contributed by atoms with E-state index in [-0.39, 0.29) is 12.3 Å². The topological polar surface area (TPSA) is 88.0 Å². The summed E-state index contributed by atoms with van der Waals surface area (Å²) in [6.45, 7) is 4.99. The second-order valence-electron chi connectivity index (χ2n) is 4.07. The van der Waals surface area contributed by atoms with Crippen LogP contribution < -0.4 is 10.2 Å². The highest BCUT2D eigenvalue weighted by Gasteiger charge is 2.05. The number of amides is 1. The molecule has 0 atom stereocenters. The average molecular weight is 264 g/mol. The van der Waals surface area contributed by atoms with Crippen molar-refractivity contribution in [3.8, 4) is 5.75 Å². The van der Waals surface area contributed by atoms with Crippen molar-refractivity contribution in [2.24, 2.45) is 5.10 Å². The maximum absolute atomic E-state index is 11.4. The molecule has 1 rings (SSSR count). The number of hydrogen-bond acceptors (Lipinski definition) is 4. The van der Waals surface area contributed by atoms with Crippen molar-refractivity contribution < 1.29 is 19.4 Å². The molecule has 0 aliphatic rings. The van der Waals surface area contributed by atoms with Gasteiger partial charge in [0.1, 0.15) is 11.5 Å². The van der Waals surface area contributed by atoms with Crippen molar-refractivity contribution in [3.63, 3.8) is 0 Å². The Labute approximate surface area is 111 Å². The van der Waals surface area contributed by atoms with Crippen LogP contribution in [0.4, 0.5) is 0 Å². The van der Waals surface area contributed by atoms with Gasteiger partial charge in [0.05, 0.1) is 0 Å². The molecule has 1 amide bonds. The van der Waals surface area contributed by atoms with Gasteiger partial charge in [-0.25, -0.2) is 10.2 Å². The molecule has 0 heterocycles. The molecular formula is C13H16N2O4. The van der Waals surface area contributed by atoms with E-state index in [4.69, 9.17) is 9.84 Å². The zero-order valence-corrected chi connectivity index (χ0v) is 11.1. The number of aryl methyl sites for hydroxylation is 2. The molecular weight excluding hydrogens is 248 g/mol. The van der Waals surface area contributed by atoms with Crippen LogP contribution in [0.15, 0.2) is 23.3 Å². The molecule has 0 saturated heterocycles. The summed E-state index contributed by atoms with van der Waals surface area (Å²) in [5.41, 5.74) is 4.11. The van der Waals surface area contributed by atoms with Crippen molar-refractivity contribution in [2.75, 3.05) is 6.61 Å². The fourth-order valence-electron chi connectivity index (χ4n) is 1.18. The molecule has 1 aromatic rings. The minimum absolute atomic E-state index is 0.195. The van der Waals surface area contributed by atoms with E-state index < -0.39 is 11.9 Å². The van der Waals surface area contributed by atoms with Crippen LogP contribution in [0.5, 0.6) is 5.75 Å². The van der Waals surface area contributed by atoms with Gasteiger partial charge in [-0.15, -0.1) is 0 Å². The summed E-state index contributed by atoms with van der Waals surface area (Å²) in [5.74, 6) is -1.12. The molecule has 0 saturated carbocycles. The zero-order valence-electron chi connectivity index (χ0n) is 11.1. The minimum Gasteiger partial charge on any atom is -0.484 e. The van der Waals surface area contributed by atoms with Crippen molar-refractivity contribution in [2.45, 2.75) is 20.8 Å². The van der Waals surface area contributed by atoms with E-state index >= 15 is 0 Å². The fourth-order valence-corrected chi connectivity index (χ4v) is 1.18. The molecule has 0 aliphatic carbocycles. The number of hydrazone groups is 1. The average Bonchev–Trinajstić information content (AvgIpc) is 2.37. The third kappa shape index (κ3) is 4.79. The number of carboxylic acids is 1. The Balaban J connectivity index is 2.48. The first-order valence-electron chi connectivity index (χ1n) is 5.66. The van der Waals surface area contributed by atoms with Gasteiger partial charge in [-0.05, 0) is 44.0 Å². The molecule has 0 radical (unpaired) electrons. The normalized spacial score (nSPS) is 11.0. The summed E-state index contributed by atoms with van der Waals surface area (Å²) < 4.78 is 5.27. The van der Waals surface area contributed by atoms with Gasteiger partial charge in [0, 0.05) is 0 Å². The highest BCUT2D eigenvalue weighted by Crippen LogP contribution is 2.16. The van der Waals surface area contributed by atoms with Crippen LogP contribution in [0.2, 0.25) is 0 Å². The van der Waals surface area contributed by atoms with Crippen LogP contribution in [-0.4, -0.2) is 29.3 Å². The van der Waals surface area contributed by atoms with E-state index in [0.717, 1.165) is 11.1 Å². The first-order valence-corrected chi connectivity index (χ1v) is 5.66. The van der Waals surface area contributed by atoms with Crippen LogP contribution >= 0.6 is 0 Å². The Morgan fingerprint density at radius 1 is 1.32 bits per heavy atom. The van der Waals surface area contributed by atoms with Crippen LogP contribution in [0.25, 0.3) is 0 Å². The van der Waals surface area contributed by atoms with Crippen molar-refractivity contribution in [3.05, 3.63) is 29.3 Å². The molecule has 6 heteroatoms. The van der Waals surface area contributed by atoms with Crippen molar-refractivity contribution in [1.29, 1.82) is 0 Å². The van der Waals surface area contributed by atoms with Gasteiger partial charge < -0.3 is 9.84 Å². The Hall–Kier alpha value is -2.37. The number of rotatable bonds is 5.